The smallest absolute Gasteiger partial charge is 0.251 e. The van der Waals surface area contributed by atoms with Gasteiger partial charge in [-0.05, 0) is 52.8 Å². The number of halogens is 1. The Balaban J connectivity index is 2.17. The number of nitrogens with zero attached hydrogens (tertiary/aromatic N) is 1. The largest absolute Gasteiger partial charge is 0.496 e. The molecule has 1 aromatic rings. The first kappa shape index (κ1) is 13.3. The van der Waals surface area contributed by atoms with E-state index in [1.165, 1.54) is 0 Å². The molecule has 0 radical (unpaired) electrons. The average Bonchev–Trinajstić information content (AvgIpc) is 2.56. The molecule has 0 spiro atoms. The predicted octanol–water partition coefficient (Wildman–Crippen LogP) is 2.06. The lowest BCUT2D eigenvalue weighted by Gasteiger charge is -2.15. The van der Waals surface area contributed by atoms with E-state index in [9.17, 15) is 4.79 Å². The molecule has 4 nitrogen and oxygen atoms in total. The van der Waals surface area contributed by atoms with Crippen molar-refractivity contribution in [2.24, 2.45) is 0 Å². The Morgan fingerprint density at radius 2 is 2.28 bits per heavy atom. The van der Waals surface area contributed by atoms with Crippen molar-refractivity contribution < 1.29 is 9.53 Å². The summed E-state index contributed by atoms with van der Waals surface area (Å²) in [6, 6.07) is 5.47. The topological polar surface area (TPSA) is 41.6 Å². The van der Waals surface area contributed by atoms with Crippen LogP contribution in [0.25, 0.3) is 0 Å². The third kappa shape index (κ3) is 2.49. The van der Waals surface area contributed by atoms with E-state index in [0.717, 1.165) is 15.8 Å². The van der Waals surface area contributed by atoms with E-state index in [1.54, 1.807) is 18.9 Å². The summed E-state index contributed by atoms with van der Waals surface area (Å²) in [6.45, 7) is 2.27. The van der Waals surface area contributed by atoms with Crippen molar-refractivity contribution in [3.63, 3.8) is 0 Å². The van der Waals surface area contributed by atoms with Gasteiger partial charge in [-0.1, -0.05) is 6.07 Å². The fraction of sp³-hybridized carbons (Fsp3) is 0.333. The van der Waals surface area contributed by atoms with Crippen LogP contribution in [0.15, 0.2) is 22.7 Å². The molecule has 1 saturated heterocycles. The van der Waals surface area contributed by atoms with Gasteiger partial charge in [0.15, 0.2) is 5.11 Å². The van der Waals surface area contributed by atoms with Crippen LogP contribution in [0, 0.1) is 0 Å². The standard InChI is InChI=1S/C12H13BrN2O2S/c1-7-11(16)15(12(18)14-7)6-8-3-4-10(17-2)9(13)5-8/h3-5,7H,6H2,1-2H3,(H,14,18)/t7-/m1/s1. The first-order chi connectivity index (χ1) is 8.52. The maximum atomic E-state index is 11.9. The molecule has 1 fully saturated rings. The highest BCUT2D eigenvalue weighted by atomic mass is 79.9. The maximum Gasteiger partial charge on any atom is 0.251 e. The number of thiocarbonyl (C=S) groups is 1. The first-order valence-electron chi connectivity index (χ1n) is 5.47. The lowest BCUT2D eigenvalue weighted by atomic mass is 10.2. The van der Waals surface area contributed by atoms with Crippen molar-refractivity contribution in [2.45, 2.75) is 19.5 Å². The molecule has 0 aromatic heterocycles. The predicted molar refractivity (Wildman–Crippen MR) is 76.4 cm³/mol. The van der Waals surface area contributed by atoms with Crippen LogP contribution in [0.1, 0.15) is 12.5 Å². The third-order valence-electron chi connectivity index (χ3n) is 2.78. The van der Waals surface area contributed by atoms with Crippen molar-refractivity contribution in [1.29, 1.82) is 0 Å². The fourth-order valence-corrected chi connectivity index (χ4v) is 2.72. The average molecular weight is 329 g/mol. The highest BCUT2D eigenvalue weighted by molar-refractivity contribution is 9.10. The quantitative estimate of drug-likeness (QED) is 0.862. The van der Waals surface area contributed by atoms with Crippen LogP contribution in [0.4, 0.5) is 0 Å². The Morgan fingerprint density at radius 3 is 2.78 bits per heavy atom. The van der Waals surface area contributed by atoms with E-state index in [4.69, 9.17) is 17.0 Å². The van der Waals surface area contributed by atoms with Gasteiger partial charge in [-0.2, -0.15) is 0 Å². The van der Waals surface area contributed by atoms with E-state index in [1.807, 2.05) is 18.2 Å². The molecule has 1 atom stereocenters. The molecule has 0 unspecified atom stereocenters. The second kappa shape index (κ2) is 5.24. The number of methoxy groups -OCH3 is 1. The SMILES string of the molecule is COc1ccc(CN2C(=O)[C@@H](C)NC2=S)cc1Br. The number of carbonyl (C=O) groups excluding carboxylic acids is 1. The number of ether oxygens (including phenoxy) is 1. The summed E-state index contributed by atoms with van der Waals surface area (Å²) in [6.07, 6.45) is 0. The van der Waals surface area contributed by atoms with Gasteiger partial charge < -0.3 is 10.1 Å². The highest BCUT2D eigenvalue weighted by Crippen LogP contribution is 2.26. The Hall–Kier alpha value is -1.14. The molecule has 6 heteroatoms. The van der Waals surface area contributed by atoms with E-state index >= 15 is 0 Å². The molecular weight excluding hydrogens is 316 g/mol. The zero-order valence-corrected chi connectivity index (χ0v) is 12.5. The number of hydrogen-bond donors (Lipinski definition) is 1. The van der Waals surface area contributed by atoms with Crippen LogP contribution < -0.4 is 10.1 Å². The molecule has 1 aromatic carbocycles. The second-order valence-electron chi connectivity index (χ2n) is 4.06. The van der Waals surface area contributed by atoms with Gasteiger partial charge in [-0.3, -0.25) is 9.69 Å². The molecular formula is C12H13BrN2O2S. The molecule has 1 aliphatic heterocycles. The van der Waals surface area contributed by atoms with Gasteiger partial charge >= 0.3 is 0 Å². The number of carbonyl (C=O) groups is 1. The monoisotopic (exact) mass is 328 g/mol. The Kier molecular flexibility index (Phi) is 3.87. The van der Waals surface area contributed by atoms with Crippen molar-refractivity contribution in [2.75, 3.05) is 7.11 Å². The van der Waals surface area contributed by atoms with Crippen LogP contribution in [0.5, 0.6) is 5.75 Å². The maximum absolute atomic E-state index is 11.9. The Labute approximate surface area is 119 Å². The number of nitrogens with one attached hydrogen (secondary N) is 1. The Bertz CT molecular complexity index is 507. The molecule has 96 valence electrons. The van der Waals surface area contributed by atoms with E-state index in [0.29, 0.717) is 11.7 Å². The zero-order chi connectivity index (χ0) is 13.3. The molecule has 0 aliphatic carbocycles. The number of rotatable bonds is 3. The molecule has 18 heavy (non-hydrogen) atoms. The lowest BCUT2D eigenvalue weighted by Crippen LogP contribution is -2.30. The summed E-state index contributed by atoms with van der Waals surface area (Å²) in [7, 11) is 1.62. The zero-order valence-electron chi connectivity index (χ0n) is 10.1. The fourth-order valence-electron chi connectivity index (χ4n) is 1.80. The molecule has 1 heterocycles. The minimum absolute atomic E-state index is 0.00643. The Morgan fingerprint density at radius 1 is 1.56 bits per heavy atom. The third-order valence-corrected chi connectivity index (χ3v) is 3.74. The first-order valence-corrected chi connectivity index (χ1v) is 6.67. The molecule has 1 N–H and O–H groups in total. The number of hydrogen-bond acceptors (Lipinski definition) is 3. The van der Waals surface area contributed by atoms with Gasteiger partial charge in [-0.25, -0.2) is 0 Å². The number of amides is 1. The van der Waals surface area contributed by atoms with Gasteiger partial charge in [0.1, 0.15) is 11.8 Å². The van der Waals surface area contributed by atoms with Gasteiger partial charge in [0.2, 0.25) is 0 Å². The summed E-state index contributed by atoms with van der Waals surface area (Å²) in [5.74, 6) is 0.771. The molecule has 1 amide bonds. The normalized spacial score (nSPS) is 19.1. The van der Waals surface area contributed by atoms with Crippen LogP contribution in [0.3, 0.4) is 0 Å². The van der Waals surface area contributed by atoms with Crippen LogP contribution in [0.2, 0.25) is 0 Å². The van der Waals surface area contributed by atoms with Crippen LogP contribution >= 0.6 is 28.1 Å². The van der Waals surface area contributed by atoms with Crippen LogP contribution in [-0.4, -0.2) is 29.1 Å². The molecule has 0 bridgehead atoms. The molecule has 1 aliphatic rings. The van der Waals surface area contributed by atoms with E-state index in [2.05, 4.69) is 21.2 Å². The number of benzene rings is 1. The van der Waals surface area contributed by atoms with Gasteiger partial charge in [-0.15, -0.1) is 0 Å². The van der Waals surface area contributed by atoms with Crippen LogP contribution in [-0.2, 0) is 11.3 Å². The summed E-state index contributed by atoms with van der Waals surface area (Å²) >= 11 is 8.55. The summed E-state index contributed by atoms with van der Waals surface area (Å²) < 4.78 is 6.03. The summed E-state index contributed by atoms with van der Waals surface area (Å²) in [5, 5.41) is 3.43. The summed E-state index contributed by atoms with van der Waals surface area (Å²) in [5.41, 5.74) is 0.995. The minimum Gasteiger partial charge on any atom is -0.496 e. The minimum atomic E-state index is -0.237. The van der Waals surface area contributed by atoms with Gasteiger partial charge in [0, 0.05) is 0 Å². The van der Waals surface area contributed by atoms with Crippen molar-refractivity contribution in [3.8, 4) is 5.75 Å². The highest BCUT2D eigenvalue weighted by Gasteiger charge is 2.31. The van der Waals surface area contributed by atoms with Gasteiger partial charge in [0.25, 0.3) is 5.91 Å². The summed E-state index contributed by atoms with van der Waals surface area (Å²) in [4.78, 5) is 13.4. The van der Waals surface area contributed by atoms with Crippen molar-refractivity contribution in [1.82, 2.24) is 10.2 Å². The molecule has 2 rings (SSSR count). The van der Waals surface area contributed by atoms with Crippen molar-refractivity contribution in [3.05, 3.63) is 28.2 Å². The van der Waals surface area contributed by atoms with Gasteiger partial charge in [0.05, 0.1) is 18.1 Å². The van der Waals surface area contributed by atoms with E-state index in [-0.39, 0.29) is 11.9 Å². The van der Waals surface area contributed by atoms with Crippen molar-refractivity contribution >= 4 is 39.2 Å². The lowest BCUT2D eigenvalue weighted by molar-refractivity contribution is -0.127. The second-order valence-corrected chi connectivity index (χ2v) is 5.31. The molecule has 0 saturated carbocycles. The van der Waals surface area contributed by atoms with E-state index < -0.39 is 0 Å².